The lowest BCUT2D eigenvalue weighted by molar-refractivity contribution is -0.187. The lowest BCUT2D eigenvalue weighted by atomic mass is 9.86. The highest BCUT2D eigenvalue weighted by molar-refractivity contribution is 7.96. The molecule has 0 bridgehead atoms. The zero-order valence-corrected chi connectivity index (χ0v) is 27.7. The molecule has 0 saturated carbocycles. The Morgan fingerprint density at radius 1 is 1.15 bits per heavy atom. The standard InChI is InChI=1S/C27H44N2O9S3/c1-10-26(8,37-23(31)18(6)27(9,11-2)38-24(32)19(7)30)16(4)15-29-41(35,36)22-14-20-21(28-12-3)13-17(5)40(33,34)25(20)39-22/h14-19,21,28,30H,10-13H2,1-9H3/b29-15+/t16?,17-,18?,19?,21-,26?,27?/m0/s1. The van der Waals surface area contributed by atoms with Gasteiger partial charge in [0, 0.05) is 23.7 Å². The normalized spacial score (nSPS) is 24.0. The van der Waals surface area contributed by atoms with Gasteiger partial charge < -0.3 is 19.9 Å². The zero-order chi connectivity index (χ0) is 31.6. The molecule has 1 aromatic rings. The van der Waals surface area contributed by atoms with Crippen LogP contribution in [0.5, 0.6) is 0 Å². The van der Waals surface area contributed by atoms with Gasteiger partial charge in [-0.25, -0.2) is 13.2 Å². The van der Waals surface area contributed by atoms with Gasteiger partial charge in [-0.1, -0.05) is 27.7 Å². The Kier molecular flexibility index (Phi) is 11.4. The second-order valence-corrected chi connectivity index (χ2v) is 16.6. The molecular formula is C27H44N2O9S3. The summed E-state index contributed by atoms with van der Waals surface area (Å²) < 4.78 is 67.3. The third-order valence-corrected chi connectivity index (χ3v) is 13.8. The molecule has 234 valence electrons. The van der Waals surface area contributed by atoms with E-state index in [1.54, 1.807) is 48.5 Å². The molecule has 5 unspecified atom stereocenters. The fourth-order valence-electron chi connectivity index (χ4n) is 4.38. The van der Waals surface area contributed by atoms with Crippen LogP contribution in [0.15, 0.2) is 18.9 Å². The van der Waals surface area contributed by atoms with Crippen LogP contribution in [-0.4, -0.2) is 69.2 Å². The number of rotatable bonds is 13. The maximum atomic E-state index is 13.2. The van der Waals surface area contributed by atoms with Crippen LogP contribution in [0.2, 0.25) is 0 Å². The van der Waals surface area contributed by atoms with Crippen molar-refractivity contribution in [2.24, 2.45) is 16.2 Å². The van der Waals surface area contributed by atoms with Crippen molar-refractivity contribution in [1.82, 2.24) is 5.32 Å². The molecular weight excluding hydrogens is 593 g/mol. The molecule has 0 aromatic carbocycles. The van der Waals surface area contributed by atoms with Gasteiger partial charge in [0.15, 0.2) is 9.84 Å². The van der Waals surface area contributed by atoms with Crippen molar-refractivity contribution in [3.05, 3.63) is 11.6 Å². The van der Waals surface area contributed by atoms with E-state index in [1.165, 1.54) is 19.2 Å². The number of sulfonamides is 1. The maximum absolute atomic E-state index is 13.2. The second kappa shape index (κ2) is 13.2. The van der Waals surface area contributed by atoms with Crippen molar-refractivity contribution >= 4 is 49.4 Å². The number of aliphatic hydroxyl groups excluding tert-OH is 1. The third kappa shape index (κ3) is 7.56. The summed E-state index contributed by atoms with van der Waals surface area (Å²) in [5.74, 6) is -3.05. The highest BCUT2D eigenvalue weighted by atomic mass is 32.3. The van der Waals surface area contributed by atoms with Crippen LogP contribution in [0.3, 0.4) is 0 Å². The Morgan fingerprint density at radius 3 is 2.22 bits per heavy atom. The van der Waals surface area contributed by atoms with Crippen molar-refractivity contribution < 1.29 is 41.0 Å². The predicted octanol–water partition coefficient (Wildman–Crippen LogP) is 3.80. The molecule has 41 heavy (non-hydrogen) atoms. The van der Waals surface area contributed by atoms with E-state index < -0.39 is 66.2 Å². The van der Waals surface area contributed by atoms with E-state index in [1.807, 2.05) is 6.92 Å². The monoisotopic (exact) mass is 636 g/mol. The second-order valence-electron chi connectivity index (χ2n) is 11.1. The molecule has 2 N–H and O–H groups in total. The summed E-state index contributed by atoms with van der Waals surface area (Å²) in [6, 6.07) is 1.10. The number of fused-ring (bicyclic) bond motifs is 1. The fourth-order valence-corrected chi connectivity index (χ4v) is 9.32. The fraction of sp³-hybridized carbons (Fsp3) is 0.741. The predicted molar refractivity (Wildman–Crippen MR) is 157 cm³/mol. The van der Waals surface area contributed by atoms with Gasteiger partial charge in [0.1, 0.15) is 25.7 Å². The number of hydrogen-bond donors (Lipinski definition) is 2. The van der Waals surface area contributed by atoms with E-state index in [0.29, 0.717) is 36.3 Å². The molecule has 0 saturated heterocycles. The van der Waals surface area contributed by atoms with E-state index in [2.05, 4.69) is 9.71 Å². The molecule has 14 heteroatoms. The first-order valence-electron chi connectivity index (χ1n) is 13.8. The van der Waals surface area contributed by atoms with Gasteiger partial charge >= 0.3 is 11.9 Å². The minimum Gasteiger partial charge on any atom is -0.458 e. The van der Waals surface area contributed by atoms with Gasteiger partial charge in [-0.2, -0.15) is 12.8 Å². The van der Waals surface area contributed by atoms with Gasteiger partial charge in [0.25, 0.3) is 10.0 Å². The van der Waals surface area contributed by atoms with Gasteiger partial charge in [0.2, 0.25) is 0 Å². The Bertz CT molecular complexity index is 1350. The minimum atomic E-state index is -4.24. The molecule has 11 nitrogen and oxygen atoms in total. The number of ether oxygens (including phenoxy) is 2. The molecule has 1 aromatic heterocycles. The first-order valence-corrected chi connectivity index (χ1v) is 17.6. The number of nitrogens with zero attached hydrogens (tertiary/aromatic N) is 1. The van der Waals surface area contributed by atoms with E-state index in [4.69, 9.17) is 9.47 Å². The molecule has 0 aliphatic carbocycles. The van der Waals surface area contributed by atoms with E-state index in [0.717, 1.165) is 0 Å². The zero-order valence-electron chi connectivity index (χ0n) is 25.3. The summed E-state index contributed by atoms with van der Waals surface area (Å²) >= 11 is 0.700. The quantitative estimate of drug-likeness (QED) is 0.240. The third-order valence-electron chi connectivity index (χ3n) is 8.21. The number of carbonyl (C=O) groups is 2. The smallest absolute Gasteiger partial charge is 0.335 e. The topological polar surface area (TPSA) is 165 Å². The molecule has 2 rings (SSSR count). The highest BCUT2D eigenvalue weighted by Crippen LogP contribution is 2.43. The lowest BCUT2D eigenvalue weighted by Crippen LogP contribution is -2.47. The van der Waals surface area contributed by atoms with Crippen LogP contribution in [0.1, 0.15) is 93.2 Å². The number of carbonyl (C=O) groups excluding carboxylic acids is 2. The Morgan fingerprint density at radius 2 is 1.71 bits per heavy atom. The van der Waals surface area contributed by atoms with E-state index in [-0.39, 0.29) is 20.9 Å². The number of sulfone groups is 1. The summed E-state index contributed by atoms with van der Waals surface area (Å²) in [7, 11) is -7.90. The molecule has 1 aliphatic heterocycles. The Balaban J connectivity index is 2.31. The minimum absolute atomic E-state index is 0.0422. The average molecular weight is 637 g/mol. The van der Waals surface area contributed by atoms with Crippen molar-refractivity contribution in [2.75, 3.05) is 6.54 Å². The molecule has 0 spiro atoms. The van der Waals surface area contributed by atoms with Crippen LogP contribution >= 0.6 is 11.3 Å². The molecule has 0 amide bonds. The molecule has 1 aliphatic rings. The first kappa shape index (κ1) is 35.3. The molecule has 0 fully saturated rings. The van der Waals surface area contributed by atoms with Crippen molar-refractivity contribution in [3.63, 3.8) is 0 Å². The van der Waals surface area contributed by atoms with Crippen LogP contribution in [0.25, 0.3) is 0 Å². The van der Waals surface area contributed by atoms with Crippen LogP contribution in [0.4, 0.5) is 0 Å². The van der Waals surface area contributed by atoms with E-state index >= 15 is 0 Å². The molecule has 2 heterocycles. The van der Waals surface area contributed by atoms with Gasteiger partial charge in [-0.05, 0) is 66.5 Å². The number of nitrogens with one attached hydrogen (secondary N) is 1. The Hall–Kier alpha value is -1.87. The largest absolute Gasteiger partial charge is 0.458 e. The number of thiophene rings is 1. The van der Waals surface area contributed by atoms with Gasteiger partial charge in [-0.15, -0.1) is 11.3 Å². The van der Waals surface area contributed by atoms with Gasteiger partial charge in [0.05, 0.1) is 11.2 Å². The number of hydrogen-bond acceptors (Lipinski definition) is 11. The summed E-state index contributed by atoms with van der Waals surface area (Å²) in [4.78, 5) is 25.2. The molecule has 0 radical (unpaired) electrons. The van der Waals surface area contributed by atoms with Crippen molar-refractivity contribution in [1.29, 1.82) is 0 Å². The van der Waals surface area contributed by atoms with Gasteiger partial charge in [-0.3, -0.25) is 4.79 Å². The summed E-state index contributed by atoms with van der Waals surface area (Å²) in [5, 5.41) is 12.1. The highest BCUT2D eigenvalue weighted by Gasteiger charge is 2.43. The van der Waals surface area contributed by atoms with Crippen LogP contribution in [-0.2, 0) is 38.9 Å². The SMILES string of the molecule is CCN[C@H]1C[C@H](C)S(=O)(=O)c2sc(S(=O)(=O)/N=C/C(C)C(C)(CC)OC(=O)C(C)C(C)(CC)OC(=O)C(C)O)cc21. The summed E-state index contributed by atoms with van der Waals surface area (Å²) in [6.45, 7) is 15.4. The van der Waals surface area contributed by atoms with Crippen LogP contribution < -0.4 is 5.32 Å². The van der Waals surface area contributed by atoms with Crippen molar-refractivity contribution in [3.8, 4) is 0 Å². The summed E-state index contributed by atoms with van der Waals surface area (Å²) in [6.07, 6.45) is 0.791. The average Bonchev–Trinajstić information content (AvgIpc) is 3.38. The van der Waals surface area contributed by atoms with Crippen molar-refractivity contribution in [2.45, 2.75) is 119 Å². The van der Waals surface area contributed by atoms with E-state index in [9.17, 15) is 31.5 Å². The number of esters is 2. The Labute approximate surface area is 248 Å². The maximum Gasteiger partial charge on any atom is 0.335 e. The summed E-state index contributed by atoms with van der Waals surface area (Å²) in [5.41, 5.74) is -1.95. The molecule has 7 atom stereocenters. The first-order chi connectivity index (χ1) is 18.8. The van der Waals surface area contributed by atoms with Crippen LogP contribution in [0, 0.1) is 11.8 Å². The lowest BCUT2D eigenvalue weighted by Gasteiger charge is -2.38. The number of aliphatic hydroxyl groups is 1.